The first-order valence-corrected chi connectivity index (χ1v) is 31.3. The van der Waals surface area contributed by atoms with Gasteiger partial charge < -0.3 is 28.5 Å². The fraction of sp³-hybridized carbons (Fsp3) is 0.867. The Kier molecular flexibility index (Phi) is 49.5. The number of amides is 1. The van der Waals surface area contributed by atoms with Crippen molar-refractivity contribution in [1.82, 2.24) is 5.32 Å². The lowest BCUT2D eigenvalue weighted by Crippen LogP contribution is -2.47. The standard InChI is InChI=1S/C60H115N2O7P/c1-7-10-13-16-19-22-25-27-29-31-33-35-38-41-44-47-50-53-60(64)69-58(51-48-45-42-39-36-24-21-18-15-12-9-3)57(56-68-70(65,66)67-55-54-62(4,5)6)61-59(63)52-49-46-43-40-37-34-32-30-28-26-23-20-17-14-11-8-2/h30,32,34,37,48,51,57-58H,7-29,31,33,35-36,38-47,49-50,52-56H2,1-6H3,(H-,61,63,65,66)/b32-30+,37-34+,51-48+. The number of likely N-dealkylation sites (N-methyl/N-ethyl adjacent to an activating group) is 1. The summed E-state index contributed by atoms with van der Waals surface area (Å²) in [4.78, 5) is 39.8. The van der Waals surface area contributed by atoms with Crippen molar-refractivity contribution in [2.24, 2.45) is 0 Å². The fourth-order valence-electron chi connectivity index (χ4n) is 8.69. The summed E-state index contributed by atoms with van der Waals surface area (Å²) >= 11 is 0. The zero-order valence-corrected chi connectivity index (χ0v) is 47.9. The second kappa shape index (κ2) is 50.7. The van der Waals surface area contributed by atoms with Crippen LogP contribution in [0.3, 0.4) is 0 Å². The molecule has 10 heteroatoms. The molecular formula is C60H115N2O7P. The summed E-state index contributed by atoms with van der Waals surface area (Å²) in [5, 5.41) is 3.01. The molecule has 0 aliphatic carbocycles. The van der Waals surface area contributed by atoms with E-state index in [0.29, 0.717) is 17.4 Å². The van der Waals surface area contributed by atoms with Crippen LogP contribution in [-0.4, -0.2) is 69.4 Å². The minimum Gasteiger partial charge on any atom is -0.756 e. The van der Waals surface area contributed by atoms with Gasteiger partial charge in [-0.2, -0.15) is 0 Å². The first kappa shape index (κ1) is 68.2. The van der Waals surface area contributed by atoms with Crippen molar-refractivity contribution in [2.45, 2.75) is 296 Å². The van der Waals surface area contributed by atoms with Crippen molar-refractivity contribution in [3.63, 3.8) is 0 Å². The number of hydrogen-bond acceptors (Lipinski definition) is 7. The highest BCUT2D eigenvalue weighted by molar-refractivity contribution is 7.45. The van der Waals surface area contributed by atoms with Gasteiger partial charge in [-0.15, -0.1) is 0 Å². The molecule has 0 saturated heterocycles. The van der Waals surface area contributed by atoms with E-state index in [-0.39, 0.29) is 31.3 Å². The summed E-state index contributed by atoms with van der Waals surface area (Å²) < 4.78 is 30.2. The van der Waals surface area contributed by atoms with Gasteiger partial charge in [0, 0.05) is 12.8 Å². The van der Waals surface area contributed by atoms with Gasteiger partial charge in [-0.3, -0.25) is 14.2 Å². The highest BCUT2D eigenvalue weighted by Gasteiger charge is 2.27. The number of carbonyl (C=O) groups excluding carboxylic acids is 2. The van der Waals surface area contributed by atoms with E-state index in [0.717, 1.165) is 64.2 Å². The maximum absolute atomic E-state index is 13.5. The summed E-state index contributed by atoms with van der Waals surface area (Å²) in [7, 11) is 1.18. The van der Waals surface area contributed by atoms with Gasteiger partial charge in [0.1, 0.15) is 19.3 Å². The van der Waals surface area contributed by atoms with Crippen LogP contribution >= 0.6 is 7.82 Å². The van der Waals surface area contributed by atoms with E-state index in [1.54, 1.807) is 0 Å². The Labute approximate surface area is 434 Å². The molecule has 9 nitrogen and oxygen atoms in total. The lowest BCUT2D eigenvalue weighted by Gasteiger charge is -2.30. The molecule has 0 aliphatic heterocycles. The van der Waals surface area contributed by atoms with Gasteiger partial charge in [-0.05, 0) is 57.4 Å². The van der Waals surface area contributed by atoms with Crippen molar-refractivity contribution in [2.75, 3.05) is 40.9 Å². The topological polar surface area (TPSA) is 114 Å². The van der Waals surface area contributed by atoms with Crippen LogP contribution < -0.4 is 10.2 Å². The number of nitrogens with zero attached hydrogens (tertiary/aromatic N) is 1. The number of ether oxygens (including phenoxy) is 1. The Morgan fingerprint density at radius 1 is 0.500 bits per heavy atom. The molecule has 0 aromatic carbocycles. The lowest BCUT2D eigenvalue weighted by molar-refractivity contribution is -0.870. The van der Waals surface area contributed by atoms with E-state index in [4.69, 9.17) is 13.8 Å². The highest BCUT2D eigenvalue weighted by Crippen LogP contribution is 2.38. The molecule has 0 fully saturated rings. The number of allylic oxidation sites excluding steroid dienone is 5. The molecule has 3 unspecified atom stereocenters. The summed E-state index contributed by atoms with van der Waals surface area (Å²) in [5.41, 5.74) is 0. The fourth-order valence-corrected chi connectivity index (χ4v) is 9.41. The van der Waals surface area contributed by atoms with Crippen LogP contribution in [0, 0.1) is 0 Å². The third-order valence-electron chi connectivity index (χ3n) is 13.4. The Morgan fingerprint density at radius 2 is 0.857 bits per heavy atom. The van der Waals surface area contributed by atoms with Crippen molar-refractivity contribution in [3.05, 3.63) is 36.5 Å². The zero-order chi connectivity index (χ0) is 51.5. The average molecular weight is 1010 g/mol. The monoisotopic (exact) mass is 1010 g/mol. The number of phosphoric acid groups is 1. The molecule has 0 aromatic heterocycles. The number of esters is 1. The van der Waals surface area contributed by atoms with Crippen LogP contribution in [0.25, 0.3) is 0 Å². The van der Waals surface area contributed by atoms with Crippen LogP contribution in [0.4, 0.5) is 0 Å². The number of rotatable bonds is 54. The summed E-state index contributed by atoms with van der Waals surface area (Å²) in [6.07, 6.45) is 59.7. The van der Waals surface area contributed by atoms with Crippen LogP contribution in [0.1, 0.15) is 284 Å². The van der Waals surface area contributed by atoms with Gasteiger partial charge in [0.2, 0.25) is 5.91 Å². The normalized spacial score (nSPS) is 14.0. The van der Waals surface area contributed by atoms with Crippen molar-refractivity contribution in [3.8, 4) is 0 Å². The number of nitrogens with one attached hydrogen (secondary N) is 1. The van der Waals surface area contributed by atoms with Crippen molar-refractivity contribution < 1.29 is 37.3 Å². The van der Waals surface area contributed by atoms with Crippen LogP contribution in [0.15, 0.2) is 36.5 Å². The smallest absolute Gasteiger partial charge is 0.306 e. The van der Waals surface area contributed by atoms with E-state index in [1.807, 2.05) is 33.3 Å². The molecule has 412 valence electrons. The quantitative estimate of drug-likeness (QED) is 0.0161. The Balaban J connectivity index is 5.30. The largest absolute Gasteiger partial charge is 0.756 e. The molecule has 0 saturated carbocycles. The summed E-state index contributed by atoms with van der Waals surface area (Å²) in [6.45, 7) is 6.83. The van der Waals surface area contributed by atoms with Gasteiger partial charge in [0.05, 0.1) is 33.8 Å². The van der Waals surface area contributed by atoms with Gasteiger partial charge in [0.25, 0.3) is 7.82 Å². The maximum atomic E-state index is 13.5. The molecule has 0 aromatic rings. The minimum absolute atomic E-state index is 0.0253. The molecule has 0 spiro atoms. The zero-order valence-electron chi connectivity index (χ0n) is 47.0. The molecule has 70 heavy (non-hydrogen) atoms. The average Bonchev–Trinajstić information content (AvgIpc) is 3.32. The second-order valence-electron chi connectivity index (χ2n) is 21.5. The molecule has 0 heterocycles. The predicted octanol–water partition coefficient (Wildman–Crippen LogP) is 17.3. The van der Waals surface area contributed by atoms with E-state index in [1.165, 1.54) is 180 Å². The molecule has 3 atom stereocenters. The lowest BCUT2D eigenvalue weighted by atomic mass is 10.0. The Hall–Kier alpha value is -1.77. The summed E-state index contributed by atoms with van der Waals surface area (Å²) in [6, 6.07) is -0.897. The molecule has 0 aliphatic rings. The maximum Gasteiger partial charge on any atom is 0.306 e. The minimum atomic E-state index is -4.70. The van der Waals surface area contributed by atoms with Gasteiger partial charge in [0.15, 0.2) is 0 Å². The molecular weight excluding hydrogens is 892 g/mol. The van der Waals surface area contributed by atoms with Gasteiger partial charge >= 0.3 is 5.97 Å². The number of carbonyl (C=O) groups is 2. The van der Waals surface area contributed by atoms with Crippen LogP contribution in [0.5, 0.6) is 0 Å². The van der Waals surface area contributed by atoms with Gasteiger partial charge in [-0.1, -0.05) is 250 Å². The van der Waals surface area contributed by atoms with Crippen molar-refractivity contribution >= 4 is 19.7 Å². The van der Waals surface area contributed by atoms with Crippen molar-refractivity contribution in [1.29, 1.82) is 0 Å². The van der Waals surface area contributed by atoms with E-state index in [2.05, 4.69) is 50.4 Å². The van der Waals surface area contributed by atoms with E-state index in [9.17, 15) is 19.0 Å². The molecule has 0 bridgehead atoms. The number of phosphoric ester groups is 1. The Bertz CT molecular complexity index is 1300. The first-order valence-electron chi connectivity index (χ1n) is 29.8. The van der Waals surface area contributed by atoms with E-state index < -0.39 is 26.6 Å². The molecule has 0 radical (unpaired) electrons. The molecule has 0 rings (SSSR count). The van der Waals surface area contributed by atoms with E-state index >= 15 is 0 Å². The molecule has 1 amide bonds. The second-order valence-corrected chi connectivity index (χ2v) is 22.9. The first-order chi connectivity index (χ1) is 33.9. The summed E-state index contributed by atoms with van der Waals surface area (Å²) in [5.74, 6) is -0.561. The predicted molar refractivity (Wildman–Crippen MR) is 298 cm³/mol. The third kappa shape index (κ3) is 51.1. The number of hydrogen-bond donors (Lipinski definition) is 1. The highest BCUT2D eigenvalue weighted by atomic mass is 31.2. The van der Waals surface area contributed by atoms with Crippen LogP contribution in [-0.2, 0) is 27.9 Å². The van der Waals surface area contributed by atoms with Crippen LogP contribution in [0.2, 0.25) is 0 Å². The SMILES string of the molecule is CCCCCCCCC/C=C/C=C/CCCCCC(=O)NC(COP(=O)([O-])OCC[N+](C)(C)C)C(/C=C/CCCCCCCCCCC)OC(=O)CCCCCCCCCCCCCCCCCCC. The molecule has 1 N–H and O–H groups in total. The van der Waals surface area contributed by atoms with Gasteiger partial charge in [-0.25, -0.2) is 0 Å². The Morgan fingerprint density at radius 3 is 1.27 bits per heavy atom. The third-order valence-corrected chi connectivity index (χ3v) is 14.3. The number of quaternary nitrogens is 1. The number of unbranched alkanes of at least 4 members (excludes halogenated alkanes) is 35.